The van der Waals surface area contributed by atoms with Gasteiger partial charge in [-0.1, -0.05) is 29.5 Å². The summed E-state index contributed by atoms with van der Waals surface area (Å²) >= 11 is 1.48. The Labute approximate surface area is 191 Å². The topological polar surface area (TPSA) is 64.1 Å². The molecule has 3 aromatic rings. The Morgan fingerprint density at radius 1 is 1.10 bits per heavy atom. The molecule has 1 aromatic heterocycles. The smallest absolute Gasteiger partial charge is 0.266 e. The van der Waals surface area contributed by atoms with Crippen molar-refractivity contribution in [2.45, 2.75) is 6.42 Å². The van der Waals surface area contributed by atoms with Crippen molar-refractivity contribution in [2.24, 2.45) is 0 Å². The maximum Gasteiger partial charge on any atom is 0.266 e. The number of nitrogens with zero attached hydrogens (tertiary/aromatic N) is 3. The summed E-state index contributed by atoms with van der Waals surface area (Å²) in [5.41, 5.74) is 0.800. The number of para-hydroxylation sites is 1. The summed E-state index contributed by atoms with van der Waals surface area (Å²) in [5.74, 6) is 1.98. The standard InChI is InChI=1S/C22H25N3O4S.ClH/c1-24(2)9-6-10-25(21(26)15-29-16-7-4-3-5-8-16)22-23-17-13-18-19(14-20(17)30-22)28-12-11-27-18;/h3-5,7-8,13-14H,6,9-12,15H2,1-2H3;1H. The molecule has 0 saturated heterocycles. The number of carbonyl (C=O) groups is 1. The van der Waals surface area contributed by atoms with E-state index < -0.39 is 0 Å². The Balaban J connectivity index is 0.00000272. The lowest BCUT2D eigenvalue weighted by atomic mass is 10.3. The van der Waals surface area contributed by atoms with E-state index in [1.165, 1.54) is 11.3 Å². The monoisotopic (exact) mass is 463 g/mol. The van der Waals surface area contributed by atoms with Crippen LogP contribution in [0, 0.1) is 0 Å². The summed E-state index contributed by atoms with van der Waals surface area (Å²) in [4.78, 5) is 21.6. The summed E-state index contributed by atoms with van der Waals surface area (Å²) < 4.78 is 18.0. The number of rotatable bonds is 8. The molecule has 0 N–H and O–H groups in total. The molecular formula is C22H26ClN3O4S. The first-order valence-corrected chi connectivity index (χ1v) is 10.7. The highest BCUT2D eigenvalue weighted by Gasteiger charge is 2.22. The fraction of sp³-hybridized carbons (Fsp3) is 0.364. The van der Waals surface area contributed by atoms with E-state index in [1.54, 1.807) is 4.90 Å². The van der Waals surface area contributed by atoms with Gasteiger partial charge in [-0.3, -0.25) is 9.69 Å². The number of amides is 1. The van der Waals surface area contributed by atoms with Gasteiger partial charge in [0.2, 0.25) is 0 Å². The molecule has 166 valence electrons. The maximum absolute atomic E-state index is 13.0. The van der Waals surface area contributed by atoms with Crippen molar-refractivity contribution >= 4 is 45.0 Å². The van der Waals surface area contributed by atoms with Crippen LogP contribution >= 0.6 is 23.7 Å². The molecule has 0 bridgehead atoms. The number of carbonyl (C=O) groups excluding carboxylic acids is 1. The number of benzene rings is 2. The zero-order valence-electron chi connectivity index (χ0n) is 17.6. The van der Waals surface area contributed by atoms with Crippen LogP contribution in [0.2, 0.25) is 0 Å². The van der Waals surface area contributed by atoms with E-state index >= 15 is 0 Å². The van der Waals surface area contributed by atoms with Gasteiger partial charge < -0.3 is 19.1 Å². The summed E-state index contributed by atoms with van der Waals surface area (Å²) in [6, 6.07) is 13.2. The van der Waals surface area contributed by atoms with Gasteiger partial charge in [-0.25, -0.2) is 4.98 Å². The van der Waals surface area contributed by atoms with Crippen LogP contribution in [0.1, 0.15) is 6.42 Å². The van der Waals surface area contributed by atoms with E-state index in [2.05, 4.69) is 4.90 Å². The average molecular weight is 464 g/mol. The normalized spacial score (nSPS) is 12.5. The molecule has 2 aromatic carbocycles. The summed E-state index contributed by atoms with van der Waals surface area (Å²) in [6.45, 7) is 2.48. The first-order valence-electron chi connectivity index (χ1n) is 9.93. The minimum atomic E-state index is -0.117. The van der Waals surface area contributed by atoms with Crippen molar-refractivity contribution in [3.05, 3.63) is 42.5 Å². The SMILES string of the molecule is CN(C)CCCN(C(=O)COc1ccccc1)c1nc2cc3c(cc2s1)OCCO3.Cl. The van der Waals surface area contributed by atoms with Crippen molar-refractivity contribution in [3.63, 3.8) is 0 Å². The van der Waals surface area contributed by atoms with Crippen LogP contribution in [0.3, 0.4) is 0 Å². The largest absolute Gasteiger partial charge is 0.486 e. The number of hydrogen-bond donors (Lipinski definition) is 0. The molecule has 9 heteroatoms. The second kappa shape index (κ2) is 10.7. The molecule has 1 aliphatic rings. The molecule has 0 radical (unpaired) electrons. The van der Waals surface area contributed by atoms with Gasteiger partial charge in [-0.15, -0.1) is 12.4 Å². The van der Waals surface area contributed by atoms with Gasteiger partial charge in [0, 0.05) is 18.7 Å². The molecule has 2 heterocycles. The third kappa shape index (κ3) is 5.78. The average Bonchev–Trinajstić information content (AvgIpc) is 3.16. The molecular weight excluding hydrogens is 438 g/mol. The van der Waals surface area contributed by atoms with E-state index in [9.17, 15) is 4.79 Å². The van der Waals surface area contributed by atoms with E-state index in [0.717, 1.165) is 28.9 Å². The number of aromatic nitrogens is 1. The molecule has 1 aliphatic heterocycles. The highest BCUT2D eigenvalue weighted by Crippen LogP contribution is 2.38. The molecule has 1 amide bonds. The third-order valence-corrected chi connectivity index (χ3v) is 5.71. The van der Waals surface area contributed by atoms with Crippen LogP contribution in [0.5, 0.6) is 17.2 Å². The predicted octanol–water partition coefficient (Wildman–Crippen LogP) is 3.85. The molecule has 0 unspecified atom stereocenters. The van der Waals surface area contributed by atoms with Crippen LogP contribution in [0.25, 0.3) is 10.2 Å². The fourth-order valence-corrected chi connectivity index (χ4v) is 4.20. The first kappa shape index (κ1) is 23.1. The van der Waals surface area contributed by atoms with Crippen molar-refractivity contribution in [1.82, 2.24) is 9.88 Å². The second-order valence-electron chi connectivity index (χ2n) is 7.26. The molecule has 0 saturated carbocycles. The second-order valence-corrected chi connectivity index (χ2v) is 8.27. The Kier molecular flexibility index (Phi) is 7.95. The highest BCUT2D eigenvalue weighted by atomic mass is 35.5. The maximum atomic E-state index is 13.0. The Hall–Kier alpha value is -2.55. The van der Waals surface area contributed by atoms with Crippen LogP contribution < -0.4 is 19.1 Å². The summed E-state index contributed by atoms with van der Waals surface area (Å²) in [7, 11) is 4.04. The fourth-order valence-electron chi connectivity index (χ4n) is 3.18. The molecule has 0 atom stereocenters. The zero-order chi connectivity index (χ0) is 20.9. The number of ether oxygens (including phenoxy) is 3. The Morgan fingerprint density at radius 3 is 2.52 bits per heavy atom. The lowest BCUT2D eigenvalue weighted by molar-refractivity contribution is -0.120. The third-order valence-electron chi connectivity index (χ3n) is 4.67. The van der Waals surface area contributed by atoms with E-state index in [0.29, 0.717) is 36.4 Å². The van der Waals surface area contributed by atoms with Crippen molar-refractivity contribution in [2.75, 3.05) is 51.9 Å². The molecule has 0 spiro atoms. The number of thiazole rings is 1. The van der Waals surface area contributed by atoms with Gasteiger partial charge in [0.05, 0.1) is 10.2 Å². The molecule has 31 heavy (non-hydrogen) atoms. The Bertz CT molecular complexity index is 970. The molecule has 4 rings (SSSR count). The number of halogens is 1. The van der Waals surface area contributed by atoms with Gasteiger partial charge in [-0.05, 0) is 39.2 Å². The molecule has 0 fully saturated rings. The zero-order valence-corrected chi connectivity index (χ0v) is 19.2. The van der Waals surface area contributed by atoms with Crippen molar-refractivity contribution in [3.8, 4) is 17.2 Å². The quantitative estimate of drug-likeness (QED) is 0.505. The molecule has 0 aliphatic carbocycles. The van der Waals surface area contributed by atoms with Crippen molar-refractivity contribution in [1.29, 1.82) is 0 Å². The minimum absolute atomic E-state index is 0. The van der Waals surface area contributed by atoms with E-state index in [-0.39, 0.29) is 24.9 Å². The number of hydrogen-bond acceptors (Lipinski definition) is 7. The Morgan fingerprint density at radius 2 is 1.81 bits per heavy atom. The minimum Gasteiger partial charge on any atom is -0.486 e. The molecule has 7 nitrogen and oxygen atoms in total. The van der Waals surface area contributed by atoms with Gasteiger partial charge in [-0.2, -0.15) is 0 Å². The number of anilines is 1. The van der Waals surface area contributed by atoms with Crippen LogP contribution in [-0.4, -0.2) is 62.8 Å². The predicted molar refractivity (Wildman–Crippen MR) is 125 cm³/mol. The van der Waals surface area contributed by atoms with E-state index in [4.69, 9.17) is 19.2 Å². The van der Waals surface area contributed by atoms with Crippen LogP contribution in [-0.2, 0) is 4.79 Å². The van der Waals surface area contributed by atoms with Gasteiger partial charge in [0.1, 0.15) is 19.0 Å². The lowest BCUT2D eigenvalue weighted by Gasteiger charge is -2.21. The van der Waals surface area contributed by atoms with Crippen molar-refractivity contribution < 1.29 is 19.0 Å². The first-order chi connectivity index (χ1) is 14.6. The van der Waals surface area contributed by atoms with Gasteiger partial charge in [0.15, 0.2) is 23.2 Å². The van der Waals surface area contributed by atoms with E-state index in [1.807, 2.05) is 56.6 Å². The highest BCUT2D eigenvalue weighted by molar-refractivity contribution is 7.22. The summed E-state index contributed by atoms with van der Waals surface area (Å²) in [6.07, 6.45) is 0.836. The van der Waals surface area contributed by atoms with Crippen LogP contribution in [0.4, 0.5) is 5.13 Å². The van der Waals surface area contributed by atoms with Crippen LogP contribution in [0.15, 0.2) is 42.5 Å². The van der Waals surface area contributed by atoms with Gasteiger partial charge >= 0.3 is 0 Å². The van der Waals surface area contributed by atoms with Gasteiger partial charge in [0.25, 0.3) is 5.91 Å². The lowest BCUT2D eigenvalue weighted by Crippen LogP contribution is -2.36. The number of fused-ring (bicyclic) bond motifs is 2. The summed E-state index contributed by atoms with van der Waals surface area (Å²) in [5, 5.41) is 0.660.